The van der Waals surface area contributed by atoms with Crippen molar-refractivity contribution in [2.24, 2.45) is 0 Å². The monoisotopic (exact) mass is 322 g/mol. The van der Waals surface area contributed by atoms with E-state index in [2.05, 4.69) is 25.9 Å². The fourth-order valence-electron chi connectivity index (χ4n) is 1.10. The predicted molar refractivity (Wildman–Crippen MR) is 67.8 cm³/mol. The average Bonchev–Trinajstić information content (AvgIpc) is 2.60. The minimum atomic E-state index is 0.403. The molecule has 0 amide bonds. The Hall–Kier alpha value is -0.160. The van der Waals surface area contributed by atoms with Crippen LogP contribution in [0.1, 0.15) is 5.69 Å². The van der Waals surface area contributed by atoms with Crippen molar-refractivity contribution >= 4 is 50.5 Å². The molecule has 0 unspecified atom stereocenters. The number of thiophene rings is 1. The van der Waals surface area contributed by atoms with Gasteiger partial charge < -0.3 is 0 Å². The molecule has 0 bridgehead atoms. The summed E-state index contributed by atoms with van der Waals surface area (Å²) in [6, 6.07) is 1.88. The van der Waals surface area contributed by atoms with E-state index in [1.807, 2.05) is 18.4 Å². The molecule has 0 atom stereocenters. The lowest BCUT2D eigenvalue weighted by molar-refractivity contribution is 1.09. The van der Waals surface area contributed by atoms with Crippen LogP contribution in [-0.4, -0.2) is 9.97 Å². The molecule has 0 saturated heterocycles. The zero-order valence-electron chi connectivity index (χ0n) is 7.59. The van der Waals surface area contributed by atoms with Gasteiger partial charge in [0.05, 0.1) is 10.2 Å². The lowest BCUT2D eigenvalue weighted by Crippen LogP contribution is -1.93. The van der Waals surface area contributed by atoms with Crippen LogP contribution in [0.3, 0.4) is 0 Å². The number of aryl methyl sites for hydroxylation is 1. The van der Waals surface area contributed by atoms with Gasteiger partial charge in [-0.25, -0.2) is 9.97 Å². The molecule has 0 aliphatic heterocycles. The number of nitrogens with zero attached hydrogens (tertiary/aromatic N) is 2. The molecule has 0 aliphatic rings. The van der Waals surface area contributed by atoms with E-state index >= 15 is 0 Å². The molecule has 78 valence electrons. The van der Waals surface area contributed by atoms with E-state index in [4.69, 9.17) is 23.2 Å². The van der Waals surface area contributed by atoms with Crippen molar-refractivity contribution in [2.75, 3.05) is 0 Å². The third-order valence-electron chi connectivity index (χ3n) is 1.84. The first-order valence-corrected chi connectivity index (χ1v) is 6.45. The van der Waals surface area contributed by atoms with Gasteiger partial charge in [-0.1, -0.05) is 23.2 Å². The number of halogens is 3. The largest absolute Gasteiger partial charge is 0.232 e. The zero-order chi connectivity index (χ0) is 11.0. The zero-order valence-corrected chi connectivity index (χ0v) is 11.5. The second-order valence-corrected chi connectivity index (χ2v) is 5.51. The lowest BCUT2D eigenvalue weighted by atomic mass is 10.3. The van der Waals surface area contributed by atoms with Crippen molar-refractivity contribution in [1.29, 1.82) is 0 Å². The van der Waals surface area contributed by atoms with Crippen LogP contribution in [-0.2, 0) is 0 Å². The maximum Gasteiger partial charge on any atom is 0.163 e. The van der Waals surface area contributed by atoms with Crippen LogP contribution >= 0.6 is 50.5 Å². The molecule has 2 aromatic rings. The van der Waals surface area contributed by atoms with Crippen molar-refractivity contribution in [3.8, 4) is 11.4 Å². The van der Waals surface area contributed by atoms with Crippen LogP contribution < -0.4 is 0 Å². The van der Waals surface area contributed by atoms with Gasteiger partial charge in [-0.3, -0.25) is 0 Å². The molecule has 0 radical (unpaired) electrons. The molecule has 0 aliphatic carbocycles. The number of rotatable bonds is 1. The standard InChI is InChI=1S/C9H5BrCl2N2S/c1-4-6(10)7(11)14-9(13-4)5-2-3-15-8(5)12/h2-3H,1H3. The smallest absolute Gasteiger partial charge is 0.163 e. The summed E-state index contributed by atoms with van der Waals surface area (Å²) in [5.41, 5.74) is 1.62. The van der Waals surface area contributed by atoms with Gasteiger partial charge in [0, 0.05) is 5.56 Å². The molecule has 2 heterocycles. The first kappa shape index (κ1) is 11.3. The molecule has 15 heavy (non-hydrogen) atoms. The Labute approximate surface area is 109 Å². The molecule has 0 spiro atoms. The fraction of sp³-hybridized carbons (Fsp3) is 0.111. The number of hydrogen-bond acceptors (Lipinski definition) is 3. The van der Waals surface area contributed by atoms with Gasteiger partial charge in [0.2, 0.25) is 0 Å². The molecule has 6 heteroatoms. The second kappa shape index (κ2) is 4.37. The van der Waals surface area contributed by atoms with Crippen LogP contribution in [0.5, 0.6) is 0 Å². The molecular weight excluding hydrogens is 319 g/mol. The second-order valence-electron chi connectivity index (χ2n) is 2.85. The predicted octanol–water partition coefficient (Wildman–Crippen LogP) is 4.58. The summed E-state index contributed by atoms with van der Waals surface area (Å²) < 4.78 is 1.40. The molecule has 0 aromatic carbocycles. The van der Waals surface area contributed by atoms with Crippen molar-refractivity contribution < 1.29 is 0 Å². The highest BCUT2D eigenvalue weighted by molar-refractivity contribution is 9.10. The number of aromatic nitrogens is 2. The van der Waals surface area contributed by atoms with Crippen LogP contribution in [0.2, 0.25) is 9.49 Å². The summed E-state index contributed by atoms with van der Waals surface area (Å²) in [6.45, 7) is 1.86. The molecule has 0 fully saturated rings. The Balaban J connectivity index is 2.60. The SMILES string of the molecule is Cc1nc(-c2ccsc2Cl)nc(Cl)c1Br. The average molecular weight is 324 g/mol. The van der Waals surface area contributed by atoms with Crippen molar-refractivity contribution in [3.63, 3.8) is 0 Å². The van der Waals surface area contributed by atoms with Crippen LogP contribution in [0.25, 0.3) is 11.4 Å². The Kier molecular flexibility index (Phi) is 3.30. The van der Waals surface area contributed by atoms with Crippen molar-refractivity contribution in [3.05, 3.63) is 31.1 Å². The van der Waals surface area contributed by atoms with Crippen LogP contribution in [0, 0.1) is 6.92 Å². The first-order chi connectivity index (χ1) is 7.09. The van der Waals surface area contributed by atoms with E-state index in [1.54, 1.807) is 0 Å². The molecule has 2 aromatic heterocycles. The minimum absolute atomic E-state index is 0.403. The summed E-state index contributed by atoms with van der Waals surface area (Å²) in [6.07, 6.45) is 0. The van der Waals surface area contributed by atoms with Crippen molar-refractivity contribution in [2.45, 2.75) is 6.92 Å². The van der Waals surface area contributed by atoms with E-state index in [-0.39, 0.29) is 0 Å². The molecule has 2 rings (SSSR count). The Morgan fingerprint density at radius 3 is 2.60 bits per heavy atom. The summed E-state index contributed by atoms with van der Waals surface area (Å²) >= 11 is 16.7. The lowest BCUT2D eigenvalue weighted by Gasteiger charge is -2.03. The molecule has 0 N–H and O–H groups in total. The third-order valence-corrected chi connectivity index (χ3v) is 4.46. The van der Waals surface area contributed by atoms with Gasteiger partial charge in [-0.2, -0.15) is 0 Å². The van der Waals surface area contributed by atoms with Crippen LogP contribution in [0.15, 0.2) is 15.9 Å². The van der Waals surface area contributed by atoms with Gasteiger partial charge in [0.25, 0.3) is 0 Å². The Morgan fingerprint density at radius 1 is 1.33 bits per heavy atom. The van der Waals surface area contributed by atoms with Crippen LogP contribution in [0.4, 0.5) is 0 Å². The number of hydrogen-bond donors (Lipinski definition) is 0. The summed E-state index contributed by atoms with van der Waals surface area (Å²) in [7, 11) is 0. The van der Waals surface area contributed by atoms with E-state index in [0.717, 1.165) is 15.7 Å². The topological polar surface area (TPSA) is 25.8 Å². The molecular formula is C9H5BrCl2N2S. The van der Waals surface area contributed by atoms with Gasteiger partial charge >= 0.3 is 0 Å². The molecule has 0 saturated carbocycles. The summed E-state index contributed by atoms with van der Waals surface area (Å²) in [5, 5.41) is 2.30. The van der Waals surface area contributed by atoms with E-state index in [9.17, 15) is 0 Å². The van der Waals surface area contributed by atoms with Gasteiger partial charge in [-0.05, 0) is 34.3 Å². The van der Waals surface area contributed by atoms with E-state index in [1.165, 1.54) is 11.3 Å². The summed E-state index contributed by atoms with van der Waals surface area (Å²) in [4.78, 5) is 8.48. The maximum atomic E-state index is 6.00. The Morgan fingerprint density at radius 2 is 2.07 bits per heavy atom. The fourth-order valence-corrected chi connectivity index (χ4v) is 2.40. The molecule has 2 nitrogen and oxygen atoms in total. The van der Waals surface area contributed by atoms with Gasteiger partial charge in [0.1, 0.15) is 9.49 Å². The van der Waals surface area contributed by atoms with E-state index in [0.29, 0.717) is 15.3 Å². The quantitative estimate of drug-likeness (QED) is 0.718. The Bertz CT molecular complexity index is 490. The minimum Gasteiger partial charge on any atom is -0.232 e. The summed E-state index contributed by atoms with van der Waals surface area (Å²) in [5.74, 6) is 0.562. The van der Waals surface area contributed by atoms with Gasteiger partial charge in [0.15, 0.2) is 5.82 Å². The van der Waals surface area contributed by atoms with Gasteiger partial charge in [-0.15, -0.1) is 11.3 Å². The van der Waals surface area contributed by atoms with E-state index < -0.39 is 0 Å². The van der Waals surface area contributed by atoms with Crippen molar-refractivity contribution in [1.82, 2.24) is 9.97 Å². The highest BCUT2D eigenvalue weighted by Crippen LogP contribution is 2.33. The first-order valence-electron chi connectivity index (χ1n) is 4.02. The maximum absolute atomic E-state index is 6.00. The highest BCUT2D eigenvalue weighted by atomic mass is 79.9. The normalized spacial score (nSPS) is 10.7. The third kappa shape index (κ3) is 2.18. The highest BCUT2D eigenvalue weighted by Gasteiger charge is 2.12.